The zero-order chi connectivity index (χ0) is 14.1. The van der Waals surface area contributed by atoms with Gasteiger partial charge in [0.2, 0.25) is 0 Å². The molecule has 104 valence electrons. The van der Waals surface area contributed by atoms with E-state index in [1.165, 1.54) is 0 Å². The number of aliphatic hydroxyl groups excluding tert-OH is 1. The van der Waals surface area contributed by atoms with Gasteiger partial charge in [-0.2, -0.15) is 0 Å². The van der Waals surface area contributed by atoms with Crippen molar-refractivity contribution in [3.63, 3.8) is 0 Å². The fourth-order valence-electron chi connectivity index (χ4n) is 2.48. The highest BCUT2D eigenvalue weighted by Gasteiger charge is 2.28. The molecule has 0 saturated heterocycles. The van der Waals surface area contributed by atoms with Crippen molar-refractivity contribution in [2.45, 2.75) is 31.8 Å². The quantitative estimate of drug-likeness (QED) is 0.885. The van der Waals surface area contributed by atoms with Crippen molar-refractivity contribution in [1.29, 1.82) is 0 Å². The maximum absolute atomic E-state index is 11.0. The van der Waals surface area contributed by atoms with Crippen molar-refractivity contribution in [3.8, 4) is 5.69 Å². The molecule has 1 saturated carbocycles. The van der Waals surface area contributed by atoms with E-state index < -0.39 is 5.97 Å². The van der Waals surface area contributed by atoms with Gasteiger partial charge in [0.15, 0.2) is 0 Å². The van der Waals surface area contributed by atoms with Crippen LogP contribution in [0.3, 0.4) is 0 Å². The summed E-state index contributed by atoms with van der Waals surface area (Å²) in [5.41, 5.74) is 2.36. The number of carbonyl (C=O) groups is 1. The molecule has 0 aliphatic heterocycles. The SMILES string of the molecule is O=C(O)c1cccc(-n2nnc(CO)c2C2CCC2)c1. The molecule has 0 bridgehead atoms. The van der Waals surface area contributed by atoms with Crippen LogP contribution in [0.1, 0.15) is 46.9 Å². The molecule has 1 aliphatic carbocycles. The summed E-state index contributed by atoms with van der Waals surface area (Å²) in [6.07, 6.45) is 3.27. The Morgan fingerprint density at radius 1 is 1.40 bits per heavy atom. The van der Waals surface area contributed by atoms with Gasteiger partial charge < -0.3 is 10.2 Å². The standard InChI is InChI=1S/C14H15N3O3/c18-8-12-13(9-3-1-4-9)17(16-15-12)11-6-2-5-10(7-11)14(19)20/h2,5-7,9,18H,1,3-4,8H2,(H,19,20). The van der Waals surface area contributed by atoms with Gasteiger partial charge in [-0.3, -0.25) is 0 Å². The van der Waals surface area contributed by atoms with Crippen molar-refractivity contribution >= 4 is 5.97 Å². The first-order chi connectivity index (χ1) is 9.70. The molecule has 0 unspecified atom stereocenters. The number of aromatic carboxylic acids is 1. The van der Waals surface area contributed by atoms with E-state index in [1.807, 2.05) is 0 Å². The van der Waals surface area contributed by atoms with Crippen LogP contribution in [0, 0.1) is 0 Å². The minimum atomic E-state index is -0.973. The van der Waals surface area contributed by atoms with Gasteiger partial charge in [-0.15, -0.1) is 5.10 Å². The van der Waals surface area contributed by atoms with Gasteiger partial charge in [-0.25, -0.2) is 9.48 Å². The molecule has 6 nitrogen and oxygen atoms in total. The van der Waals surface area contributed by atoms with Crippen molar-refractivity contribution in [2.24, 2.45) is 0 Å². The Kier molecular flexibility index (Phi) is 3.23. The molecule has 1 aliphatic rings. The van der Waals surface area contributed by atoms with Crippen LogP contribution in [-0.2, 0) is 6.61 Å². The van der Waals surface area contributed by atoms with Crippen LogP contribution in [0.4, 0.5) is 0 Å². The zero-order valence-electron chi connectivity index (χ0n) is 10.9. The monoisotopic (exact) mass is 273 g/mol. The first-order valence-corrected chi connectivity index (χ1v) is 6.59. The molecule has 1 fully saturated rings. The van der Waals surface area contributed by atoms with Crippen LogP contribution in [-0.4, -0.2) is 31.2 Å². The molecule has 1 aromatic heterocycles. The summed E-state index contributed by atoms with van der Waals surface area (Å²) in [5, 5.41) is 26.5. The molecule has 3 rings (SSSR count). The number of aliphatic hydroxyl groups is 1. The number of hydrogen-bond donors (Lipinski definition) is 2. The van der Waals surface area contributed by atoms with Gasteiger partial charge in [-0.05, 0) is 31.0 Å². The van der Waals surface area contributed by atoms with Crippen LogP contribution in [0.25, 0.3) is 5.69 Å². The second-order valence-electron chi connectivity index (χ2n) is 4.97. The minimum absolute atomic E-state index is 0.148. The average Bonchev–Trinajstić information content (AvgIpc) is 2.80. The fraction of sp³-hybridized carbons (Fsp3) is 0.357. The molecule has 2 aromatic rings. The lowest BCUT2D eigenvalue weighted by atomic mass is 9.82. The van der Waals surface area contributed by atoms with E-state index in [0.29, 0.717) is 17.3 Å². The largest absolute Gasteiger partial charge is 0.478 e. The molecule has 1 aromatic carbocycles. The van der Waals surface area contributed by atoms with E-state index >= 15 is 0 Å². The van der Waals surface area contributed by atoms with Crippen molar-refractivity contribution in [1.82, 2.24) is 15.0 Å². The zero-order valence-corrected chi connectivity index (χ0v) is 10.9. The Bertz CT molecular complexity index is 647. The summed E-state index contributed by atoms with van der Waals surface area (Å²) < 4.78 is 1.65. The summed E-state index contributed by atoms with van der Waals surface area (Å²) in [4.78, 5) is 11.0. The van der Waals surface area contributed by atoms with Crippen LogP contribution in [0.15, 0.2) is 24.3 Å². The number of benzene rings is 1. The highest BCUT2D eigenvalue weighted by molar-refractivity contribution is 5.88. The molecule has 6 heteroatoms. The van der Waals surface area contributed by atoms with Gasteiger partial charge in [0.1, 0.15) is 5.69 Å². The average molecular weight is 273 g/mol. The van der Waals surface area contributed by atoms with Crippen molar-refractivity contribution < 1.29 is 15.0 Å². The predicted octanol–water partition coefficient (Wildman–Crippen LogP) is 1.73. The lowest BCUT2D eigenvalue weighted by Gasteiger charge is -2.26. The van der Waals surface area contributed by atoms with E-state index in [2.05, 4.69) is 10.3 Å². The summed E-state index contributed by atoms with van der Waals surface area (Å²) >= 11 is 0. The summed E-state index contributed by atoms with van der Waals surface area (Å²) in [6.45, 7) is -0.148. The van der Waals surface area contributed by atoms with Gasteiger partial charge in [0.25, 0.3) is 0 Å². The summed E-state index contributed by atoms with van der Waals surface area (Å²) in [7, 11) is 0. The number of carboxylic acids is 1. The second kappa shape index (κ2) is 5.05. The highest BCUT2D eigenvalue weighted by Crippen LogP contribution is 2.38. The van der Waals surface area contributed by atoms with Crippen LogP contribution in [0.5, 0.6) is 0 Å². The van der Waals surface area contributed by atoms with Gasteiger partial charge in [0.05, 0.1) is 23.6 Å². The molecule has 0 radical (unpaired) electrons. The van der Waals surface area contributed by atoms with Crippen LogP contribution < -0.4 is 0 Å². The summed E-state index contributed by atoms with van der Waals surface area (Å²) in [6, 6.07) is 6.59. The van der Waals surface area contributed by atoms with Crippen molar-refractivity contribution in [2.75, 3.05) is 0 Å². The molecule has 0 atom stereocenters. The fourth-order valence-corrected chi connectivity index (χ4v) is 2.48. The predicted molar refractivity (Wildman–Crippen MR) is 70.8 cm³/mol. The smallest absolute Gasteiger partial charge is 0.335 e. The third-order valence-electron chi connectivity index (χ3n) is 3.76. The van der Waals surface area contributed by atoms with Gasteiger partial charge in [0, 0.05) is 5.92 Å². The van der Waals surface area contributed by atoms with Crippen molar-refractivity contribution in [3.05, 3.63) is 41.2 Å². The van der Waals surface area contributed by atoms with E-state index in [9.17, 15) is 9.90 Å². The van der Waals surface area contributed by atoms with E-state index in [0.717, 1.165) is 25.0 Å². The van der Waals surface area contributed by atoms with Gasteiger partial charge >= 0.3 is 5.97 Å². The number of rotatable bonds is 4. The lowest BCUT2D eigenvalue weighted by Crippen LogP contribution is -2.16. The van der Waals surface area contributed by atoms with Crippen LogP contribution in [0.2, 0.25) is 0 Å². The van der Waals surface area contributed by atoms with Gasteiger partial charge in [-0.1, -0.05) is 17.7 Å². The lowest BCUT2D eigenvalue weighted by molar-refractivity contribution is 0.0697. The second-order valence-corrected chi connectivity index (χ2v) is 4.97. The Hall–Kier alpha value is -2.21. The molecule has 0 spiro atoms. The third kappa shape index (κ3) is 2.08. The molecular weight excluding hydrogens is 258 g/mol. The maximum atomic E-state index is 11.0. The minimum Gasteiger partial charge on any atom is -0.478 e. The Morgan fingerprint density at radius 3 is 2.80 bits per heavy atom. The third-order valence-corrected chi connectivity index (χ3v) is 3.76. The Balaban J connectivity index is 2.07. The number of nitrogens with zero attached hydrogens (tertiary/aromatic N) is 3. The first kappa shape index (κ1) is 12.8. The Morgan fingerprint density at radius 2 is 2.20 bits per heavy atom. The Labute approximate surface area is 115 Å². The molecular formula is C14H15N3O3. The van der Waals surface area contributed by atoms with E-state index in [1.54, 1.807) is 28.9 Å². The normalized spacial score (nSPS) is 15.1. The van der Waals surface area contributed by atoms with E-state index in [-0.39, 0.29) is 12.2 Å². The van der Waals surface area contributed by atoms with Crippen LogP contribution >= 0.6 is 0 Å². The number of carboxylic acid groups (broad SMARTS) is 1. The maximum Gasteiger partial charge on any atom is 0.335 e. The topological polar surface area (TPSA) is 88.2 Å². The number of hydrogen-bond acceptors (Lipinski definition) is 4. The molecule has 1 heterocycles. The molecule has 2 N–H and O–H groups in total. The highest BCUT2D eigenvalue weighted by atomic mass is 16.4. The summed E-state index contributed by atoms with van der Waals surface area (Å²) in [5.74, 6) is -0.625. The number of aromatic nitrogens is 3. The first-order valence-electron chi connectivity index (χ1n) is 6.59. The molecule has 0 amide bonds. The van der Waals surface area contributed by atoms with E-state index in [4.69, 9.17) is 5.11 Å². The molecule has 20 heavy (non-hydrogen) atoms.